The molecule has 0 atom stereocenters. The van der Waals surface area contributed by atoms with Crippen molar-refractivity contribution >= 4 is 17.3 Å². The zero-order valence-corrected chi connectivity index (χ0v) is 18.8. The lowest BCUT2D eigenvalue weighted by atomic mass is 9.95. The van der Waals surface area contributed by atoms with Crippen molar-refractivity contribution in [3.8, 4) is 11.1 Å². The first-order valence-corrected chi connectivity index (χ1v) is 11.4. The fraction of sp³-hybridized carbons (Fsp3) is 0.520. The SMILES string of the molecule is Cc1cc(-c2cc3c(c(NC4CCOCC4)c2)NC(=O)CC3)cn(CCC(C)C)c1=O. The summed E-state index contributed by atoms with van der Waals surface area (Å²) in [6.07, 6.45) is 6.08. The molecule has 6 nitrogen and oxygen atoms in total. The second-order valence-corrected chi connectivity index (χ2v) is 9.23. The zero-order valence-electron chi connectivity index (χ0n) is 18.8. The van der Waals surface area contributed by atoms with Crippen LogP contribution in [0.4, 0.5) is 11.4 Å². The highest BCUT2D eigenvalue weighted by atomic mass is 16.5. The molecule has 1 aromatic heterocycles. The summed E-state index contributed by atoms with van der Waals surface area (Å²) < 4.78 is 7.34. The summed E-state index contributed by atoms with van der Waals surface area (Å²) in [4.78, 5) is 24.7. The van der Waals surface area contributed by atoms with Crippen molar-refractivity contribution in [1.82, 2.24) is 4.57 Å². The Morgan fingerprint density at radius 1 is 1.13 bits per heavy atom. The number of nitrogens with one attached hydrogen (secondary N) is 2. The normalized spacial score (nSPS) is 16.8. The number of carbonyl (C=O) groups excluding carboxylic acids is 1. The van der Waals surface area contributed by atoms with Gasteiger partial charge in [0.2, 0.25) is 5.91 Å². The molecule has 166 valence electrons. The van der Waals surface area contributed by atoms with Gasteiger partial charge >= 0.3 is 0 Å². The van der Waals surface area contributed by atoms with E-state index >= 15 is 0 Å². The molecule has 6 heteroatoms. The van der Waals surface area contributed by atoms with Crippen LogP contribution in [-0.2, 0) is 22.5 Å². The lowest BCUT2D eigenvalue weighted by molar-refractivity contribution is -0.116. The van der Waals surface area contributed by atoms with Gasteiger partial charge in [0.25, 0.3) is 5.56 Å². The predicted molar refractivity (Wildman–Crippen MR) is 125 cm³/mol. The van der Waals surface area contributed by atoms with Crippen molar-refractivity contribution in [1.29, 1.82) is 0 Å². The van der Waals surface area contributed by atoms with Crippen molar-refractivity contribution in [3.05, 3.63) is 45.9 Å². The number of amides is 1. The van der Waals surface area contributed by atoms with Crippen molar-refractivity contribution < 1.29 is 9.53 Å². The average Bonchev–Trinajstić information content (AvgIpc) is 2.75. The molecular weight excluding hydrogens is 390 g/mol. The molecule has 1 amide bonds. The molecule has 31 heavy (non-hydrogen) atoms. The van der Waals surface area contributed by atoms with E-state index < -0.39 is 0 Å². The number of pyridine rings is 1. The molecule has 2 aliphatic rings. The Balaban J connectivity index is 1.73. The van der Waals surface area contributed by atoms with Crippen LogP contribution in [0.25, 0.3) is 11.1 Å². The highest BCUT2D eigenvalue weighted by Crippen LogP contribution is 2.37. The molecule has 0 radical (unpaired) electrons. The number of hydrogen-bond acceptors (Lipinski definition) is 4. The highest BCUT2D eigenvalue weighted by molar-refractivity contribution is 5.99. The summed E-state index contributed by atoms with van der Waals surface area (Å²) in [5, 5.41) is 6.73. The first-order valence-electron chi connectivity index (χ1n) is 11.4. The van der Waals surface area contributed by atoms with E-state index in [4.69, 9.17) is 4.74 Å². The number of benzene rings is 1. The summed E-state index contributed by atoms with van der Waals surface area (Å²) >= 11 is 0. The maximum atomic E-state index is 12.7. The van der Waals surface area contributed by atoms with E-state index in [0.717, 1.165) is 79.1 Å². The van der Waals surface area contributed by atoms with Gasteiger partial charge in [-0.05, 0) is 73.4 Å². The molecular formula is C25H33N3O3. The van der Waals surface area contributed by atoms with Gasteiger partial charge in [0.1, 0.15) is 0 Å². The summed E-state index contributed by atoms with van der Waals surface area (Å²) in [5.41, 5.74) is 5.95. The second-order valence-electron chi connectivity index (χ2n) is 9.23. The first kappa shape index (κ1) is 21.6. The van der Waals surface area contributed by atoms with Crippen LogP contribution in [0.2, 0.25) is 0 Å². The third kappa shape index (κ3) is 5.01. The quantitative estimate of drug-likeness (QED) is 0.725. The molecule has 2 aliphatic heterocycles. The smallest absolute Gasteiger partial charge is 0.253 e. The van der Waals surface area contributed by atoms with Crippen LogP contribution >= 0.6 is 0 Å². The molecule has 2 N–H and O–H groups in total. The van der Waals surface area contributed by atoms with Crippen molar-refractivity contribution in [2.75, 3.05) is 23.8 Å². The molecule has 1 fully saturated rings. The Morgan fingerprint density at radius 2 is 1.90 bits per heavy atom. The zero-order chi connectivity index (χ0) is 22.0. The lowest BCUT2D eigenvalue weighted by Gasteiger charge is -2.28. The standard InChI is InChI=1S/C25H33N3O3/c1-16(2)6-9-28-15-20(12-17(3)25(28)30)19-13-18-4-5-23(29)27-24(18)22(14-19)26-21-7-10-31-11-8-21/h12-16,21,26H,4-11H2,1-3H3,(H,27,29). The van der Waals surface area contributed by atoms with E-state index in [-0.39, 0.29) is 11.5 Å². The average molecular weight is 424 g/mol. The van der Waals surface area contributed by atoms with Crippen LogP contribution in [0, 0.1) is 12.8 Å². The minimum Gasteiger partial charge on any atom is -0.381 e. The summed E-state index contributed by atoms with van der Waals surface area (Å²) in [5.74, 6) is 0.604. The van der Waals surface area contributed by atoms with Gasteiger partial charge in [-0.15, -0.1) is 0 Å². The van der Waals surface area contributed by atoms with Crippen LogP contribution in [-0.4, -0.2) is 29.7 Å². The Kier molecular flexibility index (Phi) is 6.46. The van der Waals surface area contributed by atoms with Crippen molar-refractivity contribution in [2.24, 2.45) is 5.92 Å². The summed E-state index contributed by atoms with van der Waals surface area (Å²) in [6, 6.07) is 6.59. The topological polar surface area (TPSA) is 72.4 Å². The van der Waals surface area contributed by atoms with Crippen LogP contribution in [0.1, 0.15) is 50.7 Å². The monoisotopic (exact) mass is 423 g/mol. The predicted octanol–water partition coefficient (Wildman–Crippen LogP) is 4.35. The summed E-state index contributed by atoms with van der Waals surface area (Å²) in [7, 11) is 0. The van der Waals surface area contributed by atoms with Gasteiger partial charge < -0.3 is 19.9 Å². The molecule has 0 aliphatic carbocycles. The van der Waals surface area contributed by atoms with Crippen LogP contribution in [0.15, 0.2) is 29.2 Å². The number of ether oxygens (including phenoxy) is 1. The fourth-order valence-corrected chi connectivity index (χ4v) is 4.35. The maximum Gasteiger partial charge on any atom is 0.253 e. The minimum absolute atomic E-state index is 0.0633. The largest absolute Gasteiger partial charge is 0.381 e. The molecule has 0 spiro atoms. The number of fused-ring (bicyclic) bond motifs is 1. The van der Waals surface area contributed by atoms with E-state index in [1.807, 2.05) is 23.8 Å². The van der Waals surface area contributed by atoms with Gasteiger partial charge in [0, 0.05) is 44.0 Å². The van der Waals surface area contributed by atoms with Crippen molar-refractivity contribution in [3.63, 3.8) is 0 Å². The van der Waals surface area contributed by atoms with Crippen LogP contribution in [0.5, 0.6) is 0 Å². The molecule has 0 saturated carbocycles. The van der Waals surface area contributed by atoms with Gasteiger partial charge in [-0.2, -0.15) is 0 Å². The fourth-order valence-electron chi connectivity index (χ4n) is 4.35. The number of carbonyl (C=O) groups is 1. The van der Waals surface area contributed by atoms with Crippen LogP contribution < -0.4 is 16.2 Å². The lowest BCUT2D eigenvalue weighted by Crippen LogP contribution is -2.29. The van der Waals surface area contributed by atoms with E-state index in [2.05, 4.69) is 36.6 Å². The molecule has 2 aromatic rings. The molecule has 3 heterocycles. The first-order chi connectivity index (χ1) is 14.9. The van der Waals surface area contributed by atoms with Gasteiger partial charge in [-0.3, -0.25) is 9.59 Å². The Morgan fingerprint density at radius 3 is 2.65 bits per heavy atom. The number of rotatable bonds is 6. The molecule has 1 saturated heterocycles. The van der Waals surface area contributed by atoms with E-state index in [1.54, 1.807) is 0 Å². The van der Waals surface area contributed by atoms with Gasteiger partial charge in [-0.1, -0.05) is 13.8 Å². The number of aromatic nitrogens is 1. The number of hydrogen-bond donors (Lipinski definition) is 2. The number of nitrogens with zero attached hydrogens (tertiary/aromatic N) is 1. The van der Waals surface area contributed by atoms with Gasteiger partial charge in [0.05, 0.1) is 11.4 Å². The third-order valence-corrected chi connectivity index (χ3v) is 6.23. The number of anilines is 2. The minimum atomic E-state index is 0.0633. The Labute approximate surface area is 184 Å². The van der Waals surface area contributed by atoms with Gasteiger partial charge in [0.15, 0.2) is 0 Å². The van der Waals surface area contributed by atoms with E-state index in [1.165, 1.54) is 0 Å². The number of aryl methyl sites for hydroxylation is 3. The molecule has 0 unspecified atom stereocenters. The Bertz CT molecular complexity index is 1020. The second kappa shape index (κ2) is 9.27. The van der Waals surface area contributed by atoms with E-state index in [9.17, 15) is 9.59 Å². The van der Waals surface area contributed by atoms with Crippen LogP contribution in [0.3, 0.4) is 0 Å². The van der Waals surface area contributed by atoms with Crippen molar-refractivity contribution in [2.45, 2.75) is 65.5 Å². The Hall–Kier alpha value is -2.60. The highest BCUT2D eigenvalue weighted by Gasteiger charge is 2.22. The molecule has 1 aromatic carbocycles. The van der Waals surface area contributed by atoms with Gasteiger partial charge in [-0.25, -0.2) is 0 Å². The van der Waals surface area contributed by atoms with E-state index in [0.29, 0.717) is 18.4 Å². The third-order valence-electron chi connectivity index (χ3n) is 6.23. The summed E-state index contributed by atoms with van der Waals surface area (Å²) in [6.45, 7) is 8.47. The maximum absolute atomic E-state index is 12.7. The molecule has 0 bridgehead atoms. The molecule has 4 rings (SSSR count).